The number of nitrogens with one attached hydrogen (secondary N) is 2. The molecule has 0 radical (unpaired) electrons. The van der Waals surface area contributed by atoms with Crippen LogP contribution in [0.25, 0.3) is 0 Å². The molecular weight excluding hydrogens is 258 g/mol. The minimum absolute atomic E-state index is 0.0849. The zero-order valence-corrected chi connectivity index (χ0v) is 12.5. The Hall–Kier alpha value is -1.14. The van der Waals surface area contributed by atoms with Gasteiger partial charge in [-0.2, -0.15) is 0 Å². The lowest BCUT2D eigenvalue weighted by atomic mass is 10.1. The number of aliphatic hydroxyl groups is 1. The topological polar surface area (TPSA) is 81.7 Å². The molecule has 1 aliphatic rings. The number of carbonyl (C=O) groups is 2. The van der Waals surface area contributed by atoms with E-state index in [0.29, 0.717) is 13.0 Å². The van der Waals surface area contributed by atoms with Gasteiger partial charge in [0.25, 0.3) is 0 Å². The molecule has 2 unspecified atom stereocenters. The van der Waals surface area contributed by atoms with E-state index >= 15 is 0 Å². The van der Waals surface area contributed by atoms with Gasteiger partial charge in [-0.15, -0.1) is 0 Å². The Kier molecular flexibility index (Phi) is 7.54. The Morgan fingerprint density at radius 3 is 2.75 bits per heavy atom. The highest BCUT2D eigenvalue weighted by atomic mass is 16.3. The number of likely N-dealkylation sites (N-methyl/N-ethyl adjacent to an activating group) is 1. The van der Waals surface area contributed by atoms with Crippen molar-refractivity contribution >= 4 is 11.8 Å². The van der Waals surface area contributed by atoms with Crippen LogP contribution < -0.4 is 10.6 Å². The minimum Gasteiger partial charge on any atom is -0.392 e. The lowest BCUT2D eigenvalue weighted by molar-refractivity contribution is -0.133. The summed E-state index contributed by atoms with van der Waals surface area (Å²) in [5.74, 6) is -0.200. The van der Waals surface area contributed by atoms with Crippen molar-refractivity contribution in [1.82, 2.24) is 15.5 Å². The summed E-state index contributed by atoms with van der Waals surface area (Å²) < 4.78 is 0. The fourth-order valence-corrected chi connectivity index (χ4v) is 2.29. The molecule has 1 aliphatic heterocycles. The maximum atomic E-state index is 11.5. The van der Waals surface area contributed by atoms with Crippen LogP contribution in [-0.2, 0) is 9.59 Å². The van der Waals surface area contributed by atoms with Crippen LogP contribution in [0.1, 0.15) is 39.5 Å². The quantitative estimate of drug-likeness (QED) is 0.515. The van der Waals surface area contributed by atoms with Crippen molar-refractivity contribution in [3.05, 3.63) is 0 Å². The Morgan fingerprint density at radius 1 is 1.35 bits per heavy atom. The predicted octanol–water partition coefficient (Wildman–Crippen LogP) is -0.136. The molecule has 1 fully saturated rings. The molecule has 1 heterocycles. The van der Waals surface area contributed by atoms with Gasteiger partial charge in [0.1, 0.15) is 6.04 Å². The minimum atomic E-state index is -0.382. The standard InChI is InChI=1S/C14H27N3O3/c1-3-11(18)10-17(4-2)8-6-5-7-12-14(20)15-9-13(19)16-12/h11-12,18H,3-10H2,1-2H3,(H,15,20)(H,16,19). The number of piperazine rings is 1. The van der Waals surface area contributed by atoms with Crippen molar-refractivity contribution in [2.75, 3.05) is 26.2 Å². The average Bonchev–Trinajstić information content (AvgIpc) is 2.45. The number of rotatable bonds is 9. The van der Waals surface area contributed by atoms with Crippen molar-refractivity contribution in [2.45, 2.75) is 51.7 Å². The third kappa shape index (κ3) is 5.88. The summed E-state index contributed by atoms with van der Waals surface area (Å²) >= 11 is 0. The smallest absolute Gasteiger partial charge is 0.243 e. The second-order valence-electron chi connectivity index (χ2n) is 5.29. The van der Waals surface area contributed by atoms with Gasteiger partial charge in [0.15, 0.2) is 0 Å². The number of carbonyl (C=O) groups excluding carboxylic acids is 2. The van der Waals surface area contributed by atoms with E-state index in [4.69, 9.17) is 0 Å². The van der Waals surface area contributed by atoms with Crippen molar-refractivity contribution < 1.29 is 14.7 Å². The van der Waals surface area contributed by atoms with Crippen LogP contribution in [0.2, 0.25) is 0 Å². The highest BCUT2D eigenvalue weighted by molar-refractivity contribution is 5.94. The lowest BCUT2D eigenvalue weighted by Crippen LogP contribution is -2.56. The largest absolute Gasteiger partial charge is 0.392 e. The first kappa shape index (κ1) is 16.9. The van der Waals surface area contributed by atoms with Crippen LogP contribution in [0.15, 0.2) is 0 Å². The molecule has 0 aliphatic carbocycles. The van der Waals surface area contributed by atoms with Crippen LogP contribution in [0.5, 0.6) is 0 Å². The monoisotopic (exact) mass is 285 g/mol. The fourth-order valence-electron chi connectivity index (χ4n) is 2.29. The number of unbranched alkanes of at least 4 members (excludes halogenated alkanes) is 1. The predicted molar refractivity (Wildman–Crippen MR) is 77.2 cm³/mol. The molecule has 20 heavy (non-hydrogen) atoms. The summed E-state index contributed by atoms with van der Waals surface area (Å²) in [6.07, 6.45) is 3.02. The van der Waals surface area contributed by atoms with Crippen molar-refractivity contribution in [3.8, 4) is 0 Å². The van der Waals surface area contributed by atoms with Crippen LogP contribution in [0.3, 0.4) is 0 Å². The normalized spacial score (nSPS) is 20.7. The van der Waals surface area contributed by atoms with Crippen LogP contribution in [-0.4, -0.2) is 60.1 Å². The maximum Gasteiger partial charge on any atom is 0.243 e. The second-order valence-corrected chi connectivity index (χ2v) is 5.29. The molecule has 2 atom stereocenters. The summed E-state index contributed by atoms with van der Waals surface area (Å²) in [7, 11) is 0. The highest BCUT2D eigenvalue weighted by Crippen LogP contribution is 2.06. The first-order chi connectivity index (χ1) is 9.56. The Balaban J connectivity index is 2.19. The summed E-state index contributed by atoms with van der Waals surface area (Å²) in [5, 5.41) is 14.9. The third-order valence-corrected chi connectivity index (χ3v) is 3.68. The van der Waals surface area contributed by atoms with Gasteiger partial charge in [0.05, 0.1) is 12.6 Å². The van der Waals surface area contributed by atoms with Gasteiger partial charge in [-0.05, 0) is 38.8 Å². The number of nitrogens with zero attached hydrogens (tertiary/aromatic N) is 1. The Bertz CT molecular complexity index is 323. The van der Waals surface area contributed by atoms with Gasteiger partial charge in [-0.25, -0.2) is 0 Å². The van der Waals surface area contributed by atoms with Crippen LogP contribution >= 0.6 is 0 Å². The van der Waals surface area contributed by atoms with Gasteiger partial charge in [-0.1, -0.05) is 13.8 Å². The molecular formula is C14H27N3O3. The highest BCUT2D eigenvalue weighted by Gasteiger charge is 2.25. The molecule has 0 aromatic heterocycles. The van der Waals surface area contributed by atoms with E-state index < -0.39 is 0 Å². The zero-order valence-electron chi connectivity index (χ0n) is 12.5. The summed E-state index contributed by atoms with van der Waals surface area (Å²) in [6, 6.07) is -0.382. The van der Waals surface area contributed by atoms with Gasteiger partial charge in [-0.3, -0.25) is 9.59 Å². The zero-order chi connectivity index (χ0) is 15.0. The Morgan fingerprint density at radius 2 is 2.10 bits per heavy atom. The molecule has 6 nitrogen and oxygen atoms in total. The average molecular weight is 285 g/mol. The summed E-state index contributed by atoms with van der Waals surface area (Å²) in [4.78, 5) is 25.0. The third-order valence-electron chi connectivity index (χ3n) is 3.68. The van der Waals surface area contributed by atoms with Crippen LogP contribution in [0, 0.1) is 0 Å². The molecule has 2 amide bonds. The molecule has 0 spiro atoms. The van der Waals surface area contributed by atoms with E-state index in [-0.39, 0.29) is 30.5 Å². The van der Waals surface area contributed by atoms with Gasteiger partial charge < -0.3 is 20.6 Å². The van der Waals surface area contributed by atoms with E-state index in [1.165, 1.54) is 0 Å². The number of aliphatic hydroxyl groups excluding tert-OH is 1. The SMILES string of the molecule is CCC(O)CN(CC)CCCCC1NC(=O)CNC1=O. The molecule has 6 heteroatoms. The van der Waals surface area contributed by atoms with E-state index in [1.807, 2.05) is 6.92 Å². The number of amides is 2. The molecule has 0 aromatic rings. The molecule has 1 saturated heterocycles. The molecule has 3 N–H and O–H groups in total. The second kappa shape index (κ2) is 8.92. The van der Waals surface area contributed by atoms with Crippen molar-refractivity contribution in [3.63, 3.8) is 0 Å². The van der Waals surface area contributed by atoms with E-state index in [0.717, 1.165) is 32.4 Å². The van der Waals surface area contributed by atoms with Gasteiger partial charge in [0.2, 0.25) is 11.8 Å². The number of hydrogen-bond acceptors (Lipinski definition) is 4. The van der Waals surface area contributed by atoms with Gasteiger partial charge in [0, 0.05) is 6.54 Å². The summed E-state index contributed by atoms with van der Waals surface area (Å²) in [5.41, 5.74) is 0. The molecule has 1 rings (SSSR count). The number of hydrogen-bond donors (Lipinski definition) is 3. The van der Waals surface area contributed by atoms with E-state index in [9.17, 15) is 14.7 Å². The molecule has 0 bridgehead atoms. The summed E-state index contributed by atoms with van der Waals surface area (Å²) in [6.45, 7) is 6.68. The van der Waals surface area contributed by atoms with Crippen molar-refractivity contribution in [2.24, 2.45) is 0 Å². The Labute approximate surface area is 120 Å². The molecule has 116 valence electrons. The first-order valence-electron chi connectivity index (χ1n) is 7.54. The van der Waals surface area contributed by atoms with Crippen LogP contribution in [0.4, 0.5) is 0 Å². The lowest BCUT2D eigenvalue weighted by Gasteiger charge is -2.25. The van der Waals surface area contributed by atoms with Gasteiger partial charge >= 0.3 is 0 Å². The molecule has 0 saturated carbocycles. The molecule has 0 aromatic carbocycles. The van der Waals surface area contributed by atoms with E-state index in [2.05, 4.69) is 22.5 Å². The van der Waals surface area contributed by atoms with E-state index in [1.54, 1.807) is 0 Å². The fraction of sp³-hybridized carbons (Fsp3) is 0.857. The first-order valence-corrected chi connectivity index (χ1v) is 7.54. The van der Waals surface area contributed by atoms with Crippen molar-refractivity contribution in [1.29, 1.82) is 0 Å². The maximum absolute atomic E-state index is 11.5.